The number of aromatic amines is 2. The second-order valence-corrected chi connectivity index (χ2v) is 4.91. The zero-order valence-corrected chi connectivity index (χ0v) is 11.6. The average molecular weight is 299 g/mol. The third kappa shape index (κ3) is 2.47. The SMILES string of the molecule is CC(O)(Nc1nc2nc[nH]c2c(=O)[nH]1)C(=O)c1ccccc1. The molecule has 0 radical (unpaired) electrons. The number of Topliss-reactive ketones (excluding diaryl/α,β-unsaturated/α-hetero) is 1. The first-order valence-electron chi connectivity index (χ1n) is 6.51. The van der Waals surface area contributed by atoms with Crippen molar-refractivity contribution in [2.24, 2.45) is 0 Å². The molecule has 3 rings (SSSR count). The fourth-order valence-electron chi connectivity index (χ4n) is 2.06. The summed E-state index contributed by atoms with van der Waals surface area (Å²) < 4.78 is 0. The number of fused-ring (bicyclic) bond motifs is 1. The van der Waals surface area contributed by atoms with Crippen molar-refractivity contribution in [3.8, 4) is 0 Å². The molecular formula is C14H13N5O3. The molecule has 3 aromatic rings. The van der Waals surface area contributed by atoms with Crippen LogP contribution in [0.3, 0.4) is 0 Å². The number of carbonyl (C=O) groups excluding carboxylic acids is 1. The molecular weight excluding hydrogens is 286 g/mol. The number of ketones is 1. The molecule has 2 aromatic heterocycles. The summed E-state index contributed by atoms with van der Waals surface area (Å²) in [4.78, 5) is 37.1. The Balaban J connectivity index is 1.92. The fraction of sp³-hybridized carbons (Fsp3) is 0.143. The van der Waals surface area contributed by atoms with Crippen molar-refractivity contribution in [1.29, 1.82) is 0 Å². The number of anilines is 1. The minimum absolute atomic E-state index is 0.0427. The van der Waals surface area contributed by atoms with Gasteiger partial charge in [0.25, 0.3) is 5.56 Å². The first kappa shape index (κ1) is 14.0. The van der Waals surface area contributed by atoms with Gasteiger partial charge in [-0.2, -0.15) is 4.98 Å². The van der Waals surface area contributed by atoms with Gasteiger partial charge in [-0.15, -0.1) is 0 Å². The third-order valence-corrected chi connectivity index (χ3v) is 3.14. The highest BCUT2D eigenvalue weighted by Gasteiger charge is 2.32. The monoisotopic (exact) mass is 299 g/mol. The maximum absolute atomic E-state index is 12.3. The van der Waals surface area contributed by atoms with Gasteiger partial charge in [-0.3, -0.25) is 14.6 Å². The van der Waals surface area contributed by atoms with Crippen molar-refractivity contribution in [2.75, 3.05) is 5.32 Å². The van der Waals surface area contributed by atoms with Crippen molar-refractivity contribution in [2.45, 2.75) is 12.6 Å². The van der Waals surface area contributed by atoms with E-state index in [0.717, 1.165) is 0 Å². The van der Waals surface area contributed by atoms with E-state index in [1.165, 1.54) is 13.3 Å². The van der Waals surface area contributed by atoms with Gasteiger partial charge in [-0.1, -0.05) is 30.3 Å². The lowest BCUT2D eigenvalue weighted by Crippen LogP contribution is -2.44. The van der Waals surface area contributed by atoms with E-state index < -0.39 is 17.1 Å². The molecule has 0 amide bonds. The van der Waals surface area contributed by atoms with Gasteiger partial charge in [0, 0.05) is 5.56 Å². The van der Waals surface area contributed by atoms with Gasteiger partial charge in [-0.25, -0.2) is 4.98 Å². The highest BCUT2D eigenvalue weighted by Crippen LogP contribution is 2.15. The van der Waals surface area contributed by atoms with Crippen LogP contribution in [0.2, 0.25) is 0 Å². The van der Waals surface area contributed by atoms with Gasteiger partial charge in [0.2, 0.25) is 11.7 Å². The van der Waals surface area contributed by atoms with Crippen LogP contribution in [0.1, 0.15) is 17.3 Å². The van der Waals surface area contributed by atoms with Crippen LogP contribution < -0.4 is 10.9 Å². The predicted octanol–water partition coefficient (Wildman–Crippen LogP) is 0.649. The van der Waals surface area contributed by atoms with E-state index in [2.05, 4.69) is 25.3 Å². The number of aliphatic hydroxyl groups is 1. The minimum Gasteiger partial charge on any atom is -0.364 e. The minimum atomic E-state index is -1.93. The summed E-state index contributed by atoms with van der Waals surface area (Å²) in [5.74, 6) is -0.586. The standard InChI is InChI=1S/C14H13N5O3/c1-14(22,10(20)8-5-3-2-4-6-8)19-13-17-11-9(12(21)18-13)15-7-16-11/h2-7,22H,1H3,(H3,15,16,17,18,19,21). The van der Waals surface area contributed by atoms with Gasteiger partial charge in [0.1, 0.15) is 0 Å². The second-order valence-electron chi connectivity index (χ2n) is 4.91. The molecule has 0 bridgehead atoms. The summed E-state index contributed by atoms with van der Waals surface area (Å²) in [7, 11) is 0. The van der Waals surface area contributed by atoms with Crippen LogP contribution >= 0.6 is 0 Å². The summed E-state index contributed by atoms with van der Waals surface area (Å²) in [6, 6.07) is 8.33. The van der Waals surface area contributed by atoms with Crippen LogP contribution in [-0.2, 0) is 0 Å². The second kappa shape index (κ2) is 5.08. The molecule has 0 aliphatic heterocycles. The van der Waals surface area contributed by atoms with Gasteiger partial charge in [0.15, 0.2) is 16.9 Å². The van der Waals surface area contributed by atoms with Crippen LogP contribution in [0.15, 0.2) is 41.5 Å². The summed E-state index contributed by atoms with van der Waals surface area (Å²) >= 11 is 0. The number of H-pyrrole nitrogens is 2. The predicted molar refractivity (Wildman–Crippen MR) is 79.5 cm³/mol. The molecule has 1 unspecified atom stereocenters. The van der Waals surface area contributed by atoms with Crippen molar-refractivity contribution < 1.29 is 9.90 Å². The molecule has 0 aliphatic carbocycles. The Labute approximate surface area is 124 Å². The number of hydrogen-bond donors (Lipinski definition) is 4. The molecule has 0 fully saturated rings. The van der Waals surface area contributed by atoms with E-state index in [4.69, 9.17) is 0 Å². The maximum Gasteiger partial charge on any atom is 0.278 e. The van der Waals surface area contributed by atoms with E-state index in [1.54, 1.807) is 30.3 Å². The Morgan fingerprint density at radius 2 is 2.05 bits per heavy atom. The smallest absolute Gasteiger partial charge is 0.278 e. The Morgan fingerprint density at radius 3 is 2.77 bits per heavy atom. The van der Waals surface area contributed by atoms with Gasteiger partial charge in [-0.05, 0) is 6.92 Å². The Bertz CT molecular complexity index is 882. The molecule has 0 saturated heterocycles. The summed E-state index contributed by atoms with van der Waals surface area (Å²) in [6.07, 6.45) is 1.34. The maximum atomic E-state index is 12.3. The third-order valence-electron chi connectivity index (χ3n) is 3.14. The Hall–Kier alpha value is -3.00. The van der Waals surface area contributed by atoms with Crippen molar-refractivity contribution in [3.63, 3.8) is 0 Å². The number of nitrogens with one attached hydrogen (secondary N) is 3. The van der Waals surface area contributed by atoms with Crippen LogP contribution in [0.4, 0.5) is 5.95 Å². The lowest BCUT2D eigenvalue weighted by molar-refractivity contribution is 0.0520. The van der Waals surface area contributed by atoms with Crippen LogP contribution in [0.25, 0.3) is 11.2 Å². The van der Waals surface area contributed by atoms with E-state index >= 15 is 0 Å². The highest BCUT2D eigenvalue weighted by atomic mass is 16.3. The topological polar surface area (TPSA) is 124 Å². The van der Waals surface area contributed by atoms with E-state index in [0.29, 0.717) is 5.56 Å². The normalized spacial score (nSPS) is 13.7. The average Bonchev–Trinajstić information content (AvgIpc) is 2.96. The Morgan fingerprint density at radius 1 is 1.32 bits per heavy atom. The molecule has 8 heteroatoms. The lowest BCUT2D eigenvalue weighted by atomic mass is 10.0. The molecule has 112 valence electrons. The van der Waals surface area contributed by atoms with E-state index in [9.17, 15) is 14.7 Å². The van der Waals surface area contributed by atoms with Gasteiger partial charge >= 0.3 is 0 Å². The van der Waals surface area contributed by atoms with E-state index in [-0.39, 0.29) is 17.1 Å². The van der Waals surface area contributed by atoms with Gasteiger partial charge in [0.05, 0.1) is 6.33 Å². The van der Waals surface area contributed by atoms with Crippen molar-refractivity contribution in [1.82, 2.24) is 19.9 Å². The van der Waals surface area contributed by atoms with Crippen LogP contribution in [0, 0.1) is 0 Å². The molecule has 0 spiro atoms. The van der Waals surface area contributed by atoms with Crippen LogP contribution in [-0.4, -0.2) is 36.6 Å². The number of benzene rings is 1. The first-order chi connectivity index (χ1) is 10.5. The van der Waals surface area contributed by atoms with Crippen molar-refractivity contribution in [3.05, 3.63) is 52.6 Å². The summed E-state index contributed by atoms with van der Waals surface area (Å²) in [5, 5.41) is 12.9. The summed E-state index contributed by atoms with van der Waals surface area (Å²) in [5.41, 5.74) is -1.63. The zero-order chi connectivity index (χ0) is 15.7. The number of nitrogens with zero attached hydrogens (tertiary/aromatic N) is 2. The number of hydrogen-bond acceptors (Lipinski definition) is 6. The molecule has 2 heterocycles. The highest BCUT2D eigenvalue weighted by molar-refractivity contribution is 6.03. The van der Waals surface area contributed by atoms with Crippen LogP contribution in [0.5, 0.6) is 0 Å². The largest absolute Gasteiger partial charge is 0.364 e. The first-order valence-corrected chi connectivity index (χ1v) is 6.51. The molecule has 4 N–H and O–H groups in total. The number of rotatable bonds is 4. The lowest BCUT2D eigenvalue weighted by Gasteiger charge is -2.23. The Kier molecular flexibility index (Phi) is 3.22. The number of aromatic nitrogens is 4. The zero-order valence-electron chi connectivity index (χ0n) is 11.6. The molecule has 0 aliphatic rings. The summed E-state index contributed by atoms with van der Waals surface area (Å²) in [6.45, 7) is 1.29. The van der Waals surface area contributed by atoms with Crippen molar-refractivity contribution >= 4 is 22.9 Å². The molecule has 1 aromatic carbocycles. The van der Waals surface area contributed by atoms with E-state index in [1.807, 2.05) is 0 Å². The molecule has 22 heavy (non-hydrogen) atoms. The van der Waals surface area contributed by atoms with Gasteiger partial charge < -0.3 is 15.4 Å². The molecule has 1 atom stereocenters. The quantitative estimate of drug-likeness (QED) is 0.414. The number of imidazole rings is 1. The number of carbonyl (C=O) groups is 1. The molecule has 0 saturated carbocycles. The fourth-order valence-corrected chi connectivity index (χ4v) is 2.06. The molecule has 8 nitrogen and oxygen atoms in total.